The van der Waals surface area contributed by atoms with E-state index in [2.05, 4.69) is 9.97 Å². The minimum absolute atomic E-state index is 0.346. The van der Waals surface area contributed by atoms with Crippen LogP contribution in [0.1, 0.15) is 10.4 Å². The van der Waals surface area contributed by atoms with E-state index >= 15 is 0 Å². The van der Waals surface area contributed by atoms with Crippen LogP contribution in [-0.4, -0.2) is 23.0 Å². The number of ether oxygens (including phenoxy) is 1. The van der Waals surface area contributed by atoms with Crippen molar-refractivity contribution < 1.29 is 9.53 Å². The molecule has 3 rings (SSSR count). The summed E-state index contributed by atoms with van der Waals surface area (Å²) >= 11 is 12.1. The molecule has 0 N–H and O–H groups in total. The highest BCUT2D eigenvalue weighted by molar-refractivity contribution is 6.35. The van der Waals surface area contributed by atoms with Gasteiger partial charge in [0.05, 0.1) is 18.4 Å². The Labute approximate surface area is 149 Å². The standard InChI is InChI=1S/C18H12Cl2N2O2/c1-24-18(23)16-7-13(12-5-14(19)8-15(20)6-12)10-22-17(16)11-3-2-4-21-9-11/h2-10H,1H3. The Kier molecular flexibility index (Phi) is 4.79. The molecule has 0 aliphatic heterocycles. The highest BCUT2D eigenvalue weighted by Crippen LogP contribution is 2.30. The van der Waals surface area contributed by atoms with Crippen molar-refractivity contribution >= 4 is 29.2 Å². The van der Waals surface area contributed by atoms with E-state index in [4.69, 9.17) is 27.9 Å². The first-order valence-electron chi connectivity index (χ1n) is 7.03. The highest BCUT2D eigenvalue weighted by Gasteiger charge is 2.17. The second-order valence-corrected chi connectivity index (χ2v) is 5.88. The van der Waals surface area contributed by atoms with Gasteiger partial charge in [-0.15, -0.1) is 0 Å². The molecule has 0 aliphatic rings. The van der Waals surface area contributed by atoms with E-state index in [1.807, 2.05) is 6.07 Å². The molecular formula is C18H12Cl2N2O2. The fraction of sp³-hybridized carbons (Fsp3) is 0.0556. The molecule has 0 atom stereocenters. The third-order valence-electron chi connectivity index (χ3n) is 3.42. The molecule has 0 radical (unpaired) electrons. The molecule has 1 aromatic carbocycles. The van der Waals surface area contributed by atoms with Crippen LogP contribution in [0.3, 0.4) is 0 Å². The molecular weight excluding hydrogens is 347 g/mol. The van der Waals surface area contributed by atoms with Gasteiger partial charge in [0.2, 0.25) is 0 Å². The molecule has 24 heavy (non-hydrogen) atoms. The molecule has 2 aromatic heterocycles. The topological polar surface area (TPSA) is 52.1 Å². The maximum Gasteiger partial charge on any atom is 0.340 e. The molecule has 0 amide bonds. The van der Waals surface area contributed by atoms with Crippen LogP contribution in [-0.2, 0) is 4.74 Å². The van der Waals surface area contributed by atoms with E-state index in [-0.39, 0.29) is 0 Å². The zero-order valence-corrected chi connectivity index (χ0v) is 14.2. The minimum atomic E-state index is -0.476. The van der Waals surface area contributed by atoms with Crippen molar-refractivity contribution in [1.29, 1.82) is 0 Å². The third kappa shape index (κ3) is 3.40. The summed E-state index contributed by atoms with van der Waals surface area (Å²) in [6.45, 7) is 0. The first kappa shape index (κ1) is 16.4. The predicted molar refractivity (Wildman–Crippen MR) is 94.3 cm³/mol. The van der Waals surface area contributed by atoms with Gasteiger partial charge >= 0.3 is 5.97 Å². The van der Waals surface area contributed by atoms with Gasteiger partial charge in [-0.2, -0.15) is 0 Å². The monoisotopic (exact) mass is 358 g/mol. The van der Waals surface area contributed by atoms with Gasteiger partial charge in [0.25, 0.3) is 0 Å². The molecule has 0 spiro atoms. The number of benzene rings is 1. The van der Waals surface area contributed by atoms with Crippen molar-refractivity contribution in [3.63, 3.8) is 0 Å². The minimum Gasteiger partial charge on any atom is -0.465 e. The number of halogens is 2. The summed E-state index contributed by atoms with van der Waals surface area (Å²) in [5.41, 5.74) is 3.06. The number of nitrogens with zero attached hydrogens (tertiary/aromatic N) is 2. The summed E-state index contributed by atoms with van der Waals surface area (Å²) in [4.78, 5) is 20.7. The Morgan fingerprint density at radius 2 is 1.75 bits per heavy atom. The fourth-order valence-corrected chi connectivity index (χ4v) is 2.87. The lowest BCUT2D eigenvalue weighted by Crippen LogP contribution is -2.05. The summed E-state index contributed by atoms with van der Waals surface area (Å²) in [5, 5.41) is 1.02. The van der Waals surface area contributed by atoms with Crippen molar-refractivity contribution in [3.05, 3.63) is 70.6 Å². The lowest BCUT2D eigenvalue weighted by molar-refractivity contribution is 0.0601. The molecule has 0 aliphatic carbocycles. The predicted octanol–water partition coefficient (Wildman–Crippen LogP) is 4.90. The molecule has 6 heteroatoms. The molecule has 120 valence electrons. The van der Waals surface area contributed by atoms with E-state index in [0.717, 1.165) is 11.1 Å². The van der Waals surface area contributed by atoms with Crippen LogP contribution >= 0.6 is 23.2 Å². The van der Waals surface area contributed by atoms with Crippen LogP contribution in [0.5, 0.6) is 0 Å². The van der Waals surface area contributed by atoms with Gasteiger partial charge in [-0.1, -0.05) is 23.2 Å². The van der Waals surface area contributed by atoms with Crippen molar-refractivity contribution in [2.45, 2.75) is 0 Å². The molecule has 3 aromatic rings. The Balaban J connectivity index is 2.16. The molecule has 2 heterocycles. The number of pyridine rings is 2. The second kappa shape index (κ2) is 6.99. The smallest absolute Gasteiger partial charge is 0.340 e. The summed E-state index contributed by atoms with van der Waals surface area (Å²) < 4.78 is 4.89. The highest BCUT2D eigenvalue weighted by atomic mass is 35.5. The molecule has 4 nitrogen and oxygen atoms in total. The van der Waals surface area contributed by atoms with Gasteiger partial charge in [0.1, 0.15) is 0 Å². The van der Waals surface area contributed by atoms with E-state index in [1.165, 1.54) is 7.11 Å². The van der Waals surface area contributed by atoms with E-state index in [0.29, 0.717) is 26.9 Å². The number of hydrogen-bond acceptors (Lipinski definition) is 4. The van der Waals surface area contributed by atoms with Gasteiger partial charge in [-0.05, 0) is 42.0 Å². The number of carbonyl (C=O) groups is 1. The maximum absolute atomic E-state index is 12.2. The SMILES string of the molecule is COC(=O)c1cc(-c2cc(Cl)cc(Cl)c2)cnc1-c1cccnc1. The average Bonchev–Trinajstić information content (AvgIpc) is 2.60. The Hall–Kier alpha value is -2.43. The van der Waals surface area contributed by atoms with E-state index < -0.39 is 5.97 Å². The number of hydrogen-bond donors (Lipinski definition) is 0. The van der Waals surface area contributed by atoms with Crippen LogP contribution in [0, 0.1) is 0 Å². The molecule has 0 bridgehead atoms. The van der Waals surface area contributed by atoms with Gasteiger partial charge < -0.3 is 4.74 Å². The summed E-state index contributed by atoms with van der Waals surface area (Å²) in [6, 6.07) is 10.5. The van der Waals surface area contributed by atoms with Crippen LogP contribution in [0.15, 0.2) is 55.0 Å². The quantitative estimate of drug-likeness (QED) is 0.624. The van der Waals surface area contributed by atoms with Crippen LogP contribution < -0.4 is 0 Å². The first-order chi connectivity index (χ1) is 11.6. The molecule has 0 fully saturated rings. The van der Waals surface area contributed by atoms with Crippen molar-refractivity contribution in [3.8, 4) is 22.4 Å². The van der Waals surface area contributed by atoms with Crippen molar-refractivity contribution in [1.82, 2.24) is 9.97 Å². The van der Waals surface area contributed by atoms with E-state index in [9.17, 15) is 4.79 Å². The second-order valence-electron chi connectivity index (χ2n) is 5.01. The third-order valence-corrected chi connectivity index (χ3v) is 3.86. The normalized spacial score (nSPS) is 10.5. The largest absolute Gasteiger partial charge is 0.465 e. The number of carbonyl (C=O) groups excluding carboxylic acids is 1. The number of aromatic nitrogens is 2. The Morgan fingerprint density at radius 1 is 1.00 bits per heavy atom. The Bertz CT molecular complexity index is 879. The zero-order valence-electron chi connectivity index (χ0n) is 12.7. The summed E-state index contributed by atoms with van der Waals surface area (Å²) in [5.74, 6) is -0.476. The van der Waals surface area contributed by atoms with E-state index in [1.54, 1.807) is 48.9 Å². The van der Waals surface area contributed by atoms with Gasteiger partial charge in [-0.3, -0.25) is 9.97 Å². The van der Waals surface area contributed by atoms with Crippen molar-refractivity contribution in [2.24, 2.45) is 0 Å². The first-order valence-corrected chi connectivity index (χ1v) is 7.79. The van der Waals surface area contributed by atoms with Gasteiger partial charge in [0, 0.05) is 39.8 Å². The number of methoxy groups -OCH3 is 1. The summed E-state index contributed by atoms with van der Waals surface area (Å²) in [6.07, 6.45) is 4.96. The number of rotatable bonds is 3. The fourth-order valence-electron chi connectivity index (χ4n) is 2.34. The average molecular weight is 359 g/mol. The van der Waals surface area contributed by atoms with Crippen LogP contribution in [0.25, 0.3) is 22.4 Å². The van der Waals surface area contributed by atoms with Crippen LogP contribution in [0.4, 0.5) is 0 Å². The van der Waals surface area contributed by atoms with Gasteiger partial charge in [-0.25, -0.2) is 4.79 Å². The Morgan fingerprint density at radius 3 is 2.38 bits per heavy atom. The maximum atomic E-state index is 12.2. The zero-order chi connectivity index (χ0) is 17.1. The lowest BCUT2D eigenvalue weighted by atomic mass is 10.0. The van der Waals surface area contributed by atoms with Crippen LogP contribution in [0.2, 0.25) is 10.0 Å². The van der Waals surface area contributed by atoms with Gasteiger partial charge in [0.15, 0.2) is 0 Å². The molecule has 0 saturated carbocycles. The molecule has 0 unspecified atom stereocenters. The number of esters is 1. The molecule has 0 saturated heterocycles. The lowest BCUT2D eigenvalue weighted by Gasteiger charge is -2.10. The summed E-state index contributed by atoms with van der Waals surface area (Å²) in [7, 11) is 1.33. The van der Waals surface area contributed by atoms with Crippen molar-refractivity contribution in [2.75, 3.05) is 7.11 Å².